The summed E-state index contributed by atoms with van der Waals surface area (Å²) in [5.74, 6) is 0.374. The van der Waals surface area contributed by atoms with E-state index in [2.05, 4.69) is 15.9 Å². The molecule has 2 aromatic rings. The number of rotatable bonds is 0. The lowest BCUT2D eigenvalue weighted by Gasteiger charge is -2.05. The van der Waals surface area contributed by atoms with Crippen molar-refractivity contribution in [3.63, 3.8) is 0 Å². The lowest BCUT2D eigenvalue weighted by Crippen LogP contribution is -1.80. The van der Waals surface area contributed by atoms with Crippen LogP contribution in [-0.4, -0.2) is 5.11 Å². The number of hydrogen-bond donors (Lipinski definition) is 1. The summed E-state index contributed by atoms with van der Waals surface area (Å²) in [4.78, 5) is 0. The van der Waals surface area contributed by atoms with Crippen LogP contribution in [0.25, 0.3) is 10.8 Å². The van der Waals surface area contributed by atoms with E-state index in [1.54, 1.807) is 0 Å². The lowest BCUT2D eigenvalue weighted by atomic mass is 10.1. The van der Waals surface area contributed by atoms with Crippen LogP contribution in [0.3, 0.4) is 0 Å². The van der Waals surface area contributed by atoms with Crippen molar-refractivity contribution in [1.82, 2.24) is 0 Å². The second-order valence-corrected chi connectivity index (χ2v) is 3.92. The van der Waals surface area contributed by atoms with Crippen LogP contribution in [0.15, 0.2) is 34.8 Å². The average Bonchev–Trinajstić information content (AvgIpc) is 2.15. The van der Waals surface area contributed by atoms with E-state index >= 15 is 0 Å². The first-order valence-corrected chi connectivity index (χ1v) is 4.86. The quantitative estimate of drug-likeness (QED) is 0.741. The van der Waals surface area contributed by atoms with Gasteiger partial charge in [0.2, 0.25) is 0 Å². The maximum Gasteiger partial charge on any atom is 0.126 e. The first-order chi connectivity index (χ1) is 6.20. The summed E-state index contributed by atoms with van der Waals surface area (Å²) in [6.07, 6.45) is 0. The Hall–Kier alpha value is -1.02. The molecule has 2 heteroatoms. The monoisotopic (exact) mass is 236 g/mol. The van der Waals surface area contributed by atoms with Crippen molar-refractivity contribution in [2.24, 2.45) is 0 Å². The highest BCUT2D eigenvalue weighted by molar-refractivity contribution is 9.10. The number of aromatic hydroxyl groups is 1. The van der Waals surface area contributed by atoms with Gasteiger partial charge < -0.3 is 5.11 Å². The fourth-order valence-electron chi connectivity index (χ4n) is 1.45. The van der Waals surface area contributed by atoms with E-state index in [1.165, 1.54) is 0 Å². The fraction of sp³-hybridized carbons (Fsp3) is 0.0909. The van der Waals surface area contributed by atoms with E-state index < -0.39 is 0 Å². The van der Waals surface area contributed by atoms with Crippen molar-refractivity contribution in [2.75, 3.05) is 0 Å². The third kappa shape index (κ3) is 1.31. The molecule has 1 nitrogen and oxygen atoms in total. The third-order valence-electron chi connectivity index (χ3n) is 2.16. The van der Waals surface area contributed by atoms with Crippen LogP contribution in [0.5, 0.6) is 5.75 Å². The molecule has 0 aromatic heterocycles. The Morgan fingerprint density at radius 1 is 1.15 bits per heavy atom. The standard InChI is InChI=1S/C11H9BrO/c1-7-6-10(12)8-4-2-3-5-9(8)11(7)13/h2-6,13H,1H3. The molecule has 0 unspecified atom stereocenters. The number of hydrogen-bond acceptors (Lipinski definition) is 1. The van der Waals surface area contributed by atoms with Crippen LogP contribution in [0.4, 0.5) is 0 Å². The van der Waals surface area contributed by atoms with Crippen molar-refractivity contribution in [2.45, 2.75) is 6.92 Å². The maximum absolute atomic E-state index is 9.76. The summed E-state index contributed by atoms with van der Waals surface area (Å²) in [6, 6.07) is 9.72. The summed E-state index contributed by atoms with van der Waals surface area (Å²) in [5.41, 5.74) is 0.894. The van der Waals surface area contributed by atoms with Crippen molar-refractivity contribution >= 4 is 26.7 Å². The Labute approximate surface area is 85.1 Å². The maximum atomic E-state index is 9.76. The Morgan fingerprint density at radius 3 is 2.46 bits per heavy atom. The van der Waals surface area contributed by atoms with E-state index in [4.69, 9.17) is 0 Å². The number of phenolic OH excluding ortho intramolecular Hbond substituents is 1. The van der Waals surface area contributed by atoms with Gasteiger partial charge in [-0.1, -0.05) is 40.2 Å². The average molecular weight is 237 g/mol. The minimum atomic E-state index is 0.374. The molecule has 2 rings (SSSR count). The van der Waals surface area contributed by atoms with Crippen LogP contribution in [-0.2, 0) is 0 Å². The Balaban J connectivity index is 2.97. The minimum absolute atomic E-state index is 0.374. The molecular weight excluding hydrogens is 228 g/mol. The molecule has 66 valence electrons. The molecule has 0 saturated heterocycles. The van der Waals surface area contributed by atoms with Gasteiger partial charge in [-0.2, -0.15) is 0 Å². The summed E-state index contributed by atoms with van der Waals surface area (Å²) in [7, 11) is 0. The molecule has 2 aromatic carbocycles. The van der Waals surface area contributed by atoms with Gasteiger partial charge in [-0.3, -0.25) is 0 Å². The highest BCUT2D eigenvalue weighted by Crippen LogP contribution is 2.33. The van der Waals surface area contributed by atoms with E-state index in [1.807, 2.05) is 37.3 Å². The largest absolute Gasteiger partial charge is 0.507 e. The van der Waals surface area contributed by atoms with Crippen molar-refractivity contribution < 1.29 is 5.11 Å². The molecule has 0 aliphatic heterocycles. The SMILES string of the molecule is Cc1cc(Br)c2ccccc2c1O. The lowest BCUT2D eigenvalue weighted by molar-refractivity contribution is 0.477. The van der Waals surface area contributed by atoms with Crippen LogP contribution in [0, 0.1) is 6.92 Å². The predicted octanol–water partition coefficient (Wildman–Crippen LogP) is 3.62. The molecule has 0 radical (unpaired) electrons. The van der Waals surface area contributed by atoms with Crippen LogP contribution in [0.1, 0.15) is 5.56 Å². The topological polar surface area (TPSA) is 20.2 Å². The Morgan fingerprint density at radius 2 is 1.77 bits per heavy atom. The van der Waals surface area contributed by atoms with Gasteiger partial charge in [-0.15, -0.1) is 0 Å². The summed E-state index contributed by atoms with van der Waals surface area (Å²) >= 11 is 3.47. The van der Waals surface area contributed by atoms with Crippen LogP contribution >= 0.6 is 15.9 Å². The second-order valence-electron chi connectivity index (χ2n) is 3.07. The number of aryl methyl sites for hydroxylation is 1. The smallest absolute Gasteiger partial charge is 0.126 e. The third-order valence-corrected chi connectivity index (χ3v) is 2.81. The first kappa shape index (κ1) is 8.57. The molecule has 0 aliphatic carbocycles. The molecular formula is C11H9BrO. The fourth-order valence-corrected chi connectivity index (χ4v) is 2.14. The molecule has 0 fully saturated rings. The van der Waals surface area contributed by atoms with Gasteiger partial charge in [-0.05, 0) is 23.9 Å². The van der Waals surface area contributed by atoms with Gasteiger partial charge in [0.05, 0.1) is 0 Å². The number of fused-ring (bicyclic) bond motifs is 1. The second kappa shape index (κ2) is 3.04. The van der Waals surface area contributed by atoms with E-state index in [9.17, 15) is 5.11 Å². The number of benzene rings is 2. The minimum Gasteiger partial charge on any atom is -0.507 e. The van der Waals surface area contributed by atoms with Crippen LogP contribution < -0.4 is 0 Å². The summed E-state index contributed by atoms with van der Waals surface area (Å²) in [6.45, 7) is 1.90. The number of phenols is 1. The molecule has 0 saturated carbocycles. The highest BCUT2D eigenvalue weighted by Gasteiger charge is 2.05. The molecule has 0 heterocycles. The van der Waals surface area contributed by atoms with Gasteiger partial charge >= 0.3 is 0 Å². The van der Waals surface area contributed by atoms with E-state index in [0.29, 0.717) is 5.75 Å². The van der Waals surface area contributed by atoms with E-state index in [0.717, 1.165) is 20.8 Å². The van der Waals surface area contributed by atoms with E-state index in [-0.39, 0.29) is 0 Å². The highest BCUT2D eigenvalue weighted by atomic mass is 79.9. The molecule has 0 atom stereocenters. The zero-order valence-electron chi connectivity index (χ0n) is 7.21. The molecule has 0 aliphatic rings. The van der Waals surface area contributed by atoms with Gasteiger partial charge in [0, 0.05) is 9.86 Å². The molecule has 1 N–H and O–H groups in total. The zero-order valence-corrected chi connectivity index (χ0v) is 8.80. The summed E-state index contributed by atoms with van der Waals surface area (Å²) < 4.78 is 1.03. The van der Waals surface area contributed by atoms with Gasteiger partial charge in [0.15, 0.2) is 0 Å². The molecule has 0 spiro atoms. The normalized spacial score (nSPS) is 10.6. The Bertz CT molecular complexity index is 463. The van der Waals surface area contributed by atoms with Gasteiger partial charge in [-0.25, -0.2) is 0 Å². The van der Waals surface area contributed by atoms with Crippen molar-refractivity contribution in [3.05, 3.63) is 40.4 Å². The summed E-state index contributed by atoms with van der Waals surface area (Å²) in [5, 5.41) is 11.7. The van der Waals surface area contributed by atoms with Crippen LogP contribution in [0.2, 0.25) is 0 Å². The first-order valence-electron chi connectivity index (χ1n) is 4.07. The Kier molecular flexibility index (Phi) is 2.00. The molecule has 13 heavy (non-hydrogen) atoms. The van der Waals surface area contributed by atoms with Crippen molar-refractivity contribution in [1.29, 1.82) is 0 Å². The molecule has 0 amide bonds. The number of halogens is 1. The predicted molar refractivity (Wildman–Crippen MR) is 58.0 cm³/mol. The zero-order chi connectivity index (χ0) is 9.42. The van der Waals surface area contributed by atoms with Gasteiger partial charge in [0.25, 0.3) is 0 Å². The molecule has 0 bridgehead atoms. The van der Waals surface area contributed by atoms with Crippen molar-refractivity contribution in [3.8, 4) is 5.75 Å². The van der Waals surface area contributed by atoms with Gasteiger partial charge in [0.1, 0.15) is 5.75 Å².